The third-order valence-electron chi connectivity index (χ3n) is 4.49. The van der Waals surface area contributed by atoms with Gasteiger partial charge in [-0.25, -0.2) is 15.0 Å². The maximum absolute atomic E-state index is 4.74. The summed E-state index contributed by atoms with van der Waals surface area (Å²) >= 11 is 1.63. The van der Waals surface area contributed by atoms with Gasteiger partial charge in [0.05, 0.1) is 5.69 Å². The first kappa shape index (κ1) is 15.4. The molecule has 1 aliphatic rings. The van der Waals surface area contributed by atoms with Crippen LogP contribution in [0, 0.1) is 0 Å². The van der Waals surface area contributed by atoms with Gasteiger partial charge in [-0.05, 0) is 37.4 Å². The van der Waals surface area contributed by atoms with Gasteiger partial charge in [0.25, 0.3) is 0 Å². The number of hydrogen-bond acceptors (Lipinski definition) is 5. The third-order valence-corrected chi connectivity index (χ3v) is 5.37. The molecule has 0 saturated carbocycles. The quantitative estimate of drug-likeness (QED) is 0.710. The highest BCUT2D eigenvalue weighted by Crippen LogP contribution is 2.25. The van der Waals surface area contributed by atoms with Crippen LogP contribution in [0.5, 0.6) is 0 Å². The predicted molar refractivity (Wildman–Crippen MR) is 96.7 cm³/mol. The zero-order valence-corrected chi connectivity index (χ0v) is 14.3. The highest BCUT2D eigenvalue weighted by Gasteiger charge is 2.25. The van der Waals surface area contributed by atoms with Gasteiger partial charge in [0.1, 0.15) is 0 Å². The average molecular weight is 336 g/mol. The molecule has 0 aliphatic carbocycles. The Kier molecular flexibility index (Phi) is 4.62. The summed E-state index contributed by atoms with van der Waals surface area (Å²) in [6.45, 7) is 2.08. The SMILES string of the molecule is c1ccc(CC2CCCN2Cc2csc(-c3ncccn3)n2)cc1. The van der Waals surface area contributed by atoms with Gasteiger partial charge in [0.2, 0.25) is 0 Å². The second-order valence-corrected chi connectivity index (χ2v) is 7.03. The molecule has 0 spiro atoms. The van der Waals surface area contributed by atoms with E-state index in [1.165, 1.54) is 18.4 Å². The van der Waals surface area contributed by atoms with Crippen LogP contribution in [-0.2, 0) is 13.0 Å². The lowest BCUT2D eigenvalue weighted by molar-refractivity contribution is 0.241. The molecule has 1 aliphatic heterocycles. The smallest absolute Gasteiger partial charge is 0.188 e. The minimum Gasteiger partial charge on any atom is -0.294 e. The van der Waals surface area contributed by atoms with E-state index in [0.29, 0.717) is 6.04 Å². The largest absolute Gasteiger partial charge is 0.294 e. The van der Waals surface area contributed by atoms with E-state index >= 15 is 0 Å². The zero-order chi connectivity index (χ0) is 16.2. The molecule has 5 heteroatoms. The molecule has 0 N–H and O–H groups in total. The summed E-state index contributed by atoms with van der Waals surface area (Å²) in [7, 11) is 0. The van der Waals surface area contributed by atoms with E-state index in [2.05, 4.69) is 50.6 Å². The fraction of sp³-hybridized carbons (Fsp3) is 0.316. The fourth-order valence-electron chi connectivity index (χ4n) is 3.32. The van der Waals surface area contributed by atoms with E-state index < -0.39 is 0 Å². The van der Waals surface area contributed by atoms with Gasteiger partial charge in [-0.3, -0.25) is 4.90 Å². The van der Waals surface area contributed by atoms with Crippen LogP contribution in [0.3, 0.4) is 0 Å². The summed E-state index contributed by atoms with van der Waals surface area (Å²) in [5, 5.41) is 3.05. The Labute approximate surface area is 146 Å². The van der Waals surface area contributed by atoms with Gasteiger partial charge < -0.3 is 0 Å². The first-order valence-corrected chi connectivity index (χ1v) is 9.26. The van der Waals surface area contributed by atoms with Crippen LogP contribution in [0.1, 0.15) is 24.1 Å². The molecule has 1 fully saturated rings. The van der Waals surface area contributed by atoms with Crippen molar-refractivity contribution in [2.45, 2.75) is 31.8 Å². The van der Waals surface area contributed by atoms with Crippen molar-refractivity contribution in [3.63, 3.8) is 0 Å². The monoisotopic (exact) mass is 336 g/mol. The molecule has 2 aromatic heterocycles. The molecule has 1 saturated heterocycles. The molecule has 1 aromatic carbocycles. The lowest BCUT2D eigenvalue weighted by Crippen LogP contribution is -2.30. The summed E-state index contributed by atoms with van der Waals surface area (Å²) in [4.78, 5) is 15.9. The molecule has 3 heterocycles. The van der Waals surface area contributed by atoms with Crippen molar-refractivity contribution in [3.8, 4) is 10.8 Å². The summed E-state index contributed by atoms with van der Waals surface area (Å²) in [5.41, 5.74) is 2.55. The summed E-state index contributed by atoms with van der Waals surface area (Å²) in [6, 6.07) is 13.2. The highest BCUT2D eigenvalue weighted by molar-refractivity contribution is 7.13. The number of nitrogens with zero attached hydrogens (tertiary/aromatic N) is 4. The summed E-state index contributed by atoms with van der Waals surface area (Å²) < 4.78 is 0. The van der Waals surface area contributed by atoms with Crippen LogP contribution in [0.15, 0.2) is 54.2 Å². The molecule has 3 aromatic rings. The topological polar surface area (TPSA) is 41.9 Å². The number of benzene rings is 1. The molecule has 0 bridgehead atoms. The molecular weight excluding hydrogens is 316 g/mol. The standard InChI is InChI=1S/C19H20N4S/c1-2-6-15(7-3-1)12-17-8-4-11-23(17)13-16-14-24-19(22-16)18-20-9-5-10-21-18/h1-3,5-7,9-10,14,17H,4,8,11-13H2. The van der Waals surface area contributed by atoms with E-state index in [0.717, 1.165) is 36.0 Å². The lowest BCUT2D eigenvalue weighted by atomic mass is 10.0. The minimum absolute atomic E-state index is 0.616. The molecule has 122 valence electrons. The van der Waals surface area contributed by atoms with E-state index in [-0.39, 0.29) is 0 Å². The Hall–Kier alpha value is -2.11. The van der Waals surface area contributed by atoms with Gasteiger partial charge >= 0.3 is 0 Å². The Balaban J connectivity index is 1.44. The Morgan fingerprint density at radius 3 is 2.75 bits per heavy atom. The van der Waals surface area contributed by atoms with E-state index in [1.807, 2.05) is 6.07 Å². The second-order valence-electron chi connectivity index (χ2n) is 6.17. The summed E-state index contributed by atoms with van der Waals surface area (Å²) in [5.74, 6) is 0.719. The number of thiazole rings is 1. The maximum Gasteiger partial charge on any atom is 0.188 e. The first-order valence-electron chi connectivity index (χ1n) is 8.38. The van der Waals surface area contributed by atoms with Gasteiger partial charge in [0.15, 0.2) is 10.8 Å². The minimum atomic E-state index is 0.616. The lowest BCUT2D eigenvalue weighted by Gasteiger charge is -2.23. The molecule has 0 amide bonds. The normalized spacial score (nSPS) is 18.1. The Bertz CT molecular complexity index is 772. The molecule has 4 nitrogen and oxygen atoms in total. The van der Waals surface area contributed by atoms with Crippen molar-refractivity contribution >= 4 is 11.3 Å². The van der Waals surface area contributed by atoms with Crippen LogP contribution in [0.4, 0.5) is 0 Å². The van der Waals surface area contributed by atoms with E-state index in [4.69, 9.17) is 4.98 Å². The molecule has 0 radical (unpaired) electrons. The zero-order valence-electron chi connectivity index (χ0n) is 13.5. The Morgan fingerprint density at radius 1 is 1.08 bits per heavy atom. The van der Waals surface area contributed by atoms with Gasteiger partial charge in [-0.2, -0.15) is 0 Å². The van der Waals surface area contributed by atoms with Crippen LogP contribution in [0.25, 0.3) is 10.8 Å². The first-order chi connectivity index (χ1) is 11.9. The van der Waals surface area contributed by atoms with Crippen LogP contribution >= 0.6 is 11.3 Å². The molecule has 1 unspecified atom stereocenters. The van der Waals surface area contributed by atoms with Crippen LogP contribution in [-0.4, -0.2) is 32.4 Å². The highest BCUT2D eigenvalue weighted by atomic mass is 32.1. The number of hydrogen-bond donors (Lipinski definition) is 0. The molecular formula is C19H20N4S. The van der Waals surface area contributed by atoms with Gasteiger partial charge in [-0.15, -0.1) is 11.3 Å². The average Bonchev–Trinajstić information content (AvgIpc) is 3.27. The summed E-state index contributed by atoms with van der Waals surface area (Å²) in [6.07, 6.45) is 7.20. The van der Waals surface area contributed by atoms with Crippen molar-refractivity contribution in [1.82, 2.24) is 19.9 Å². The molecule has 4 rings (SSSR count). The molecule has 24 heavy (non-hydrogen) atoms. The van der Waals surface area contributed by atoms with Crippen molar-refractivity contribution in [2.24, 2.45) is 0 Å². The van der Waals surface area contributed by atoms with Crippen molar-refractivity contribution < 1.29 is 0 Å². The Morgan fingerprint density at radius 2 is 1.92 bits per heavy atom. The van der Waals surface area contributed by atoms with E-state index in [9.17, 15) is 0 Å². The second kappa shape index (κ2) is 7.20. The fourth-order valence-corrected chi connectivity index (χ4v) is 4.08. The van der Waals surface area contributed by atoms with Gasteiger partial charge in [0, 0.05) is 30.4 Å². The predicted octanol–water partition coefficient (Wildman–Crippen LogP) is 3.81. The number of rotatable bonds is 5. The van der Waals surface area contributed by atoms with Crippen LogP contribution in [0.2, 0.25) is 0 Å². The molecule has 1 atom stereocenters. The van der Waals surface area contributed by atoms with Crippen molar-refractivity contribution in [1.29, 1.82) is 0 Å². The number of likely N-dealkylation sites (tertiary alicyclic amines) is 1. The van der Waals surface area contributed by atoms with Crippen molar-refractivity contribution in [3.05, 3.63) is 65.4 Å². The van der Waals surface area contributed by atoms with Crippen LogP contribution < -0.4 is 0 Å². The van der Waals surface area contributed by atoms with Gasteiger partial charge in [-0.1, -0.05) is 30.3 Å². The van der Waals surface area contributed by atoms with E-state index in [1.54, 1.807) is 23.7 Å². The van der Waals surface area contributed by atoms with Crippen molar-refractivity contribution in [2.75, 3.05) is 6.54 Å². The third kappa shape index (κ3) is 3.52. The maximum atomic E-state index is 4.74. The number of aromatic nitrogens is 3.